The van der Waals surface area contributed by atoms with Gasteiger partial charge in [-0.05, 0) is 29.8 Å². The van der Waals surface area contributed by atoms with E-state index in [0.717, 1.165) is 5.56 Å². The molecule has 3 rings (SSSR count). The molecule has 0 aliphatic carbocycles. The van der Waals surface area contributed by atoms with Crippen LogP contribution in [0.3, 0.4) is 0 Å². The fourth-order valence-corrected chi connectivity index (χ4v) is 1.84. The highest BCUT2D eigenvalue weighted by Gasteiger charge is 2.07. The molecule has 0 unspecified atom stereocenters. The molecule has 0 saturated heterocycles. The van der Waals surface area contributed by atoms with Crippen LogP contribution in [0.25, 0.3) is 5.82 Å². The van der Waals surface area contributed by atoms with Gasteiger partial charge in [0.1, 0.15) is 12.4 Å². The molecule has 0 aliphatic heterocycles. The van der Waals surface area contributed by atoms with Crippen LogP contribution in [0, 0.1) is 5.82 Å². The summed E-state index contributed by atoms with van der Waals surface area (Å²) in [6, 6.07) is 13.6. The lowest BCUT2D eigenvalue weighted by atomic mass is 10.2. The molecule has 0 radical (unpaired) electrons. The van der Waals surface area contributed by atoms with Gasteiger partial charge in [0.15, 0.2) is 5.82 Å². The van der Waals surface area contributed by atoms with Gasteiger partial charge in [-0.25, -0.2) is 9.37 Å². The Balaban J connectivity index is 1.78. The summed E-state index contributed by atoms with van der Waals surface area (Å²) in [5, 5.41) is 4.17. The van der Waals surface area contributed by atoms with Crippen molar-refractivity contribution in [3.8, 4) is 11.7 Å². The summed E-state index contributed by atoms with van der Waals surface area (Å²) in [6.45, 7) is 0.274. The van der Waals surface area contributed by atoms with Crippen molar-refractivity contribution in [2.45, 2.75) is 6.61 Å². The molecule has 3 aromatic rings. The van der Waals surface area contributed by atoms with Crippen LogP contribution >= 0.6 is 0 Å². The van der Waals surface area contributed by atoms with Gasteiger partial charge in [-0.1, -0.05) is 18.2 Å². The molecule has 0 aliphatic rings. The number of benzene rings is 1. The topological polar surface area (TPSA) is 39.9 Å². The summed E-state index contributed by atoms with van der Waals surface area (Å²) < 4.78 is 20.4. The Morgan fingerprint density at radius 3 is 2.80 bits per heavy atom. The van der Waals surface area contributed by atoms with E-state index in [1.165, 1.54) is 12.1 Å². The van der Waals surface area contributed by atoms with Crippen molar-refractivity contribution in [1.29, 1.82) is 0 Å². The monoisotopic (exact) mass is 269 g/mol. The lowest BCUT2D eigenvalue weighted by molar-refractivity contribution is 0.283. The van der Waals surface area contributed by atoms with Crippen LogP contribution in [0.4, 0.5) is 4.39 Å². The summed E-state index contributed by atoms with van der Waals surface area (Å²) in [5.74, 6) is 0.962. The molecule has 0 amide bonds. The van der Waals surface area contributed by atoms with Gasteiger partial charge >= 0.3 is 0 Å². The average molecular weight is 269 g/mol. The van der Waals surface area contributed by atoms with E-state index in [2.05, 4.69) is 10.1 Å². The van der Waals surface area contributed by atoms with Gasteiger partial charge < -0.3 is 4.74 Å². The molecule has 4 nitrogen and oxygen atoms in total. The molecule has 2 aromatic heterocycles. The minimum Gasteiger partial charge on any atom is -0.473 e. The van der Waals surface area contributed by atoms with Crippen LogP contribution in [-0.4, -0.2) is 14.8 Å². The molecule has 5 heteroatoms. The Bertz CT molecular complexity index is 697. The van der Waals surface area contributed by atoms with E-state index in [1.807, 2.05) is 24.3 Å². The Hall–Kier alpha value is -2.69. The Morgan fingerprint density at radius 1 is 1.05 bits per heavy atom. The first-order valence-corrected chi connectivity index (χ1v) is 6.15. The van der Waals surface area contributed by atoms with Gasteiger partial charge in [-0.2, -0.15) is 9.78 Å². The summed E-state index contributed by atoms with van der Waals surface area (Å²) in [7, 11) is 0. The molecular weight excluding hydrogens is 257 g/mol. The van der Waals surface area contributed by atoms with E-state index in [0.29, 0.717) is 11.7 Å². The molecule has 0 bridgehead atoms. The summed E-state index contributed by atoms with van der Waals surface area (Å²) in [6.07, 6.45) is 3.32. The molecule has 0 spiro atoms. The van der Waals surface area contributed by atoms with Crippen LogP contribution < -0.4 is 4.74 Å². The van der Waals surface area contributed by atoms with Gasteiger partial charge in [0.2, 0.25) is 5.88 Å². The highest BCUT2D eigenvalue weighted by Crippen LogP contribution is 2.16. The van der Waals surface area contributed by atoms with E-state index in [9.17, 15) is 4.39 Å². The SMILES string of the molecule is Fc1cccc(COc2ccnn2-c2ccccn2)c1. The molecule has 0 N–H and O–H groups in total. The van der Waals surface area contributed by atoms with E-state index in [-0.39, 0.29) is 12.4 Å². The molecule has 0 saturated carbocycles. The highest BCUT2D eigenvalue weighted by atomic mass is 19.1. The Kier molecular flexibility index (Phi) is 3.41. The number of nitrogens with zero attached hydrogens (tertiary/aromatic N) is 3. The van der Waals surface area contributed by atoms with Gasteiger partial charge in [-0.3, -0.25) is 0 Å². The summed E-state index contributed by atoms with van der Waals surface area (Å²) in [5.41, 5.74) is 0.763. The first-order valence-electron chi connectivity index (χ1n) is 6.15. The fraction of sp³-hybridized carbons (Fsp3) is 0.0667. The zero-order valence-electron chi connectivity index (χ0n) is 10.6. The quantitative estimate of drug-likeness (QED) is 0.731. The molecule has 1 aromatic carbocycles. The number of hydrogen-bond donors (Lipinski definition) is 0. The second kappa shape index (κ2) is 5.52. The average Bonchev–Trinajstić information content (AvgIpc) is 2.95. The van der Waals surface area contributed by atoms with Crippen LogP contribution in [-0.2, 0) is 6.61 Å². The smallest absolute Gasteiger partial charge is 0.218 e. The van der Waals surface area contributed by atoms with E-state index >= 15 is 0 Å². The summed E-state index contributed by atoms with van der Waals surface area (Å²) >= 11 is 0. The minimum atomic E-state index is -0.274. The molecule has 100 valence electrons. The van der Waals surface area contributed by atoms with Gasteiger partial charge in [-0.15, -0.1) is 0 Å². The third-order valence-electron chi connectivity index (χ3n) is 2.75. The van der Waals surface area contributed by atoms with Crippen molar-refractivity contribution in [3.63, 3.8) is 0 Å². The van der Waals surface area contributed by atoms with Crippen LogP contribution in [0.1, 0.15) is 5.56 Å². The zero-order valence-corrected chi connectivity index (χ0v) is 10.6. The molecule has 2 heterocycles. The van der Waals surface area contributed by atoms with Gasteiger partial charge in [0, 0.05) is 12.3 Å². The number of hydrogen-bond acceptors (Lipinski definition) is 3. The zero-order chi connectivity index (χ0) is 13.8. The molecular formula is C15H12FN3O. The van der Waals surface area contributed by atoms with E-state index in [4.69, 9.17) is 4.74 Å². The predicted octanol–water partition coefficient (Wildman–Crippen LogP) is 2.99. The number of aromatic nitrogens is 3. The molecule has 0 atom stereocenters. The van der Waals surface area contributed by atoms with E-state index < -0.39 is 0 Å². The van der Waals surface area contributed by atoms with Crippen molar-refractivity contribution < 1.29 is 9.13 Å². The Labute approximate surface area is 115 Å². The van der Waals surface area contributed by atoms with Gasteiger partial charge in [0.25, 0.3) is 0 Å². The molecule has 0 fully saturated rings. The van der Waals surface area contributed by atoms with Crippen molar-refractivity contribution in [1.82, 2.24) is 14.8 Å². The Morgan fingerprint density at radius 2 is 2.00 bits per heavy atom. The normalized spacial score (nSPS) is 10.4. The number of ether oxygens (including phenoxy) is 1. The summed E-state index contributed by atoms with van der Waals surface area (Å²) in [4.78, 5) is 4.21. The first kappa shape index (κ1) is 12.3. The lowest BCUT2D eigenvalue weighted by Gasteiger charge is -2.08. The lowest BCUT2D eigenvalue weighted by Crippen LogP contribution is -2.04. The first-order chi connectivity index (χ1) is 9.83. The van der Waals surface area contributed by atoms with E-state index in [1.54, 1.807) is 29.2 Å². The maximum absolute atomic E-state index is 13.1. The second-order valence-corrected chi connectivity index (χ2v) is 4.19. The predicted molar refractivity (Wildman–Crippen MR) is 72.1 cm³/mol. The highest BCUT2D eigenvalue weighted by molar-refractivity contribution is 5.27. The maximum Gasteiger partial charge on any atom is 0.218 e. The largest absolute Gasteiger partial charge is 0.473 e. The third-order valence-corrected chi connectivity index (χ3v) is 2.75. The van der Waals surface area contributed by atoms with Gasteiger partial charge in [0.05, 0.1) is 6.20 Å². The van der Waals surface area contributed by atoms with Crippen LogP contribution in [0.15, 0.2) is 60.9 Å². The molecule has 20 heavy (non-hydrogen) atoms. The van der Waals surface area contributed by atoms with Crippen molar-refractivity contribution in [3.05, 3.63) is 72.3 Å². The minimum absolute atomic E-state index is 0.274. The number of halogens is 1. The van der Waals surface area contributed by atoms with Crippen molar-refractivity contribution >= 4 is 0 Å². The second-order valence-electron chi connectivity index (χ2n) is 4.19. The number of rotatable bonds is 4. The number of pyridine rings is 1. The van der Waals surface area contributed by atoms with Crippen molar-refractivity contribution in [2.75, 3.05) is 0 Å². The van der Waals surface area contributed by atoms with Crippen LogP contribution in [0.5, 0.6) is 5.88 Å². The van der Waals surface area contributed by atoms with Crippen LogP contribution in [0.2, 0.25) is 0 Å². The fourth-order valence-electron chi connectivity index (χ4n) is 1.84. The van der Waals surface area contributed by atoms with Crippen molar-refractivity contribution in [2.24, 2.45) is 0 Å². The maximum atomic E-state index is 13.1. The third kappa shape index (κ3) is 2.66. The standard InChI is InChI=1S/C15H12FN3O/c16-13-5-3-4-12(10-13)11-20-15-7-9-18-19(15)14-6-1-2-8-17-14/h1-10H,11H2.